The summed E-state index contributed by atoms with van der Waals surface area (Å²) < 4.78 is 29.5. The van der Waals surface area contributed by atoms with Crippen LogP contribution in [0.2, 0.25) is 0 Å². The average molecular weight is 324 g/mol. The fourth-order valence-electron chi connectivity index (χ4n) is 1.73. The van der Waals surface area contributed by atoms with Gasteiger partial charge in [0.1, 0.15) is 5.76 Å². The molecule has 0 unspecified atom stereocenters. The van der Waals surface area contributed by atoms with E-state index >= 15 is 0 Å². The molecule has 0 fully saturated rings. The maximum atomic E-state index is 11.9. The molecule has 2 heterocycles. The van der Waals surface area contributed by atoms with E-state index in [1.54, 1.807) is 37.4 Å². The zero-order valence-corrected chi connectivity index (χ0v) is 13.0. The lowest BCUT2D eigenvalue weighted by Gasteiger charge is -2.18. The van der Waals surface area contributed by atoms with Crippen LogP contribution in [-0.4, -0.2) is 41.6 Å². The van der Waals surface area contributed by atoms with Crippen molar-refractivity contribution in [3.05, 3.63) is 41.9 Å². The van der Waals surface area contributed by atoms with Crippen LogP contribution in [0.1, 0.15) is 11.5 Å². The van der Waals surface area contributed by atoms with Crippen LogP contribution >= 0.6 is 0 Å². The lowest BCUT2D eigenvalue weighted by Crippen LogP contribution is -2.37. The summed E-state index contributed by atoms with van der Waals surface area (Å²) in [5.41, 5.74) is 0.554. The molecule has 9 heteroatoms. The zero-order chi connectivity index (χ0) is 16.2. The predicted molar refractivity (Wildman–Crippen MR) is 79.4 cm³/mol. The number of rotatable bonds is 6. The second-order valence-corrected chi connectivity index (χ2v) is 6.71. The van der Waals surface area contributed by atoms with Crippen molar-refractivity contribution in [2.75, 3.05) is 18.1 Å². The summed E-state index contributed by atoms with van der Waals surface area (Å²) in [5.74, 6) is 0.284. The zero-order valence-electron chi connectivity index (χ0n) is 12.2. The van der Waals surface area contributed by atoms with Crippen LogP contribution in [0.25, 0.3) is 0 Å². The summed E-state index contributed by atoms with van der Waals surface area (Å²) in [6, 6.07) is 6.72. The summed E-state index contributed by atoms with van der Waals surface area (Å²) in [4.78, 5) is 16.0. The summed E-state index contributed by atoms with van der Waals surface area (Å²) in [5, 5.41) is 6.10. The fourth-order valence-corrected chi connectivity index (χ4v) is 2.45. The van der Waals surface area contributed by atoms with E-state index in [1.807, 2.05) is 0 Å². The van der Waals surface area contributed by atoms with Crippen molar-refractivity contribution in [2.24, 2.45) is 0 Å². The Morgan fingerprint density at radius 1 is 1.41 bits per heavy atom. The lowest BCUT2D eigenvalue weighted by atomic mass is 10.3. The summed E-state index contributed by atoms with van der Waals surface area (Å²) in [6.45, 7) is 1.37. The van der Waals surface area contributed by atoms with Gasteiger partial charge in [-0.3, -0.25) is 9.78 Å². The number of aryl methyl sites for hydroxylation is 1. The maximum absolute atomic E-state index is 11.9. The summed E-state index contributed by atoms with van der Waals surface area (Å²) in [7, 11) is -3.56. The van der Waals surface area contributed by atoms with E-state index in [-0.39, 0.29) is 18.9 Å². The molecule has 0 saturated heterocycles. The number of aromatic nitrogens is 2. The van der Waals surface area contributed by atoms with Crippen molar-refractivity contribution in [1.29, 1.82) is 0 Å². The number of sulfonamides is 1. The minimum Gasteiger partial charge on any atom is -0.360 e. The molecule has 2 rings (SSSR count). The summed E-state index contributed by atoms with van der Waals surface area (Å²) >= 11 is 0. The van der Waals surface area contributed by atoms with Gasteiger partial charge in [-0.1, -0.05) is 11.2 Å². The molecular formula is C13H16N4O4S. The topological polar surface area (TPSA) is 105 Å². The van der Waals surface area contributed by atoms with Crippen molar-refractivity contribution < 1.29 is 17.7 Å². The third-order valence-electron chi connectivity index (χ3n) is 2.75. The first kappa shape index (κ1) is 16.1. The molecule has 0 spiro atoms. The Bertz CT molecular complexity index is 742. The Hall–Kier alpha value is -2.26. The monoisotopic (exact) mass is 324 g/mol. The molecule has 2 aromatic heterocycles. The third-order valence-corrected chi connectivity index (χ3v) is 3.95. The number of pyridine rings is 1. The first-order chi connectivity index (χ1) is 10.3. The maximum Gasteiger partial charge on any atom is 0.240 e. The Morgan fingerprint density at radius 2 is 2.18 bits per heavy atom. The van der Waals surface area contributed by atoms with E-state index in [4.69, 9.17) is 4.52 Å². The largest absolute Gasteiger partial charge is 0.360 e. The van der Waals surface area contributed by atoms with Crippen LogP contribution < -0.4 is 5.32 Å². The quantitative estimate of drug-likeness (QED) is 0.841. The molecule has 1 amide bonds. The molecule has 0 aliphatic heterocycles. The highest BCUT2D eigenvalue weighted by molar-refractivity contribution is 7.88. The highest BCUT2D eigenvalue weighted by atomic mass is 32.2. The van der Waals surface area contributed by atoms with E-state index in [9.17, 15) is 13.2 Å². The van der Waals surface area contributed by atoms with Crippen molar-refractivity contribution in [3.8, 4) is 0 Å². The van der Waals surface area contributed by atoms with Crippen LogP contribution in [0, 0.1) is 6.92 Å². The molecule has 0 atom stereocenters. The van der Waals surface area contributed by atoms with Gasteiger partial charge in [0.15, 0.2) is 5.82 Å². The number of carbonyl (C=O) groups excluding carboxylic acids is 1. The van der Waals surface area contributed by atoms with Crippen LogP contribution in [-0.2, 0) is 21.4 Å². The van der Waals surface area contributed by atoms with Crippen LogP contribution in [0.4, 0.5) is 5.82 Å². The van der Waals surface area contributed by atoms with E-state index in [2.05, 4.69) is 15.5 Å². The van der Waals surface area contributed by atoms with Crippen molar-refractivity contribution in [1.82, 2.24) is 14.4 Å². The average Bonchev–Trinajstić information content (AvgIpc) is 2.83. The highest BCUT2D eigenvalue weighted by Gasteiger charge is 2.21. The number of carbonyl (C=O) groups is 1. The molecule has 0 bridgehead atoms. The molecule has 0 aliphatic carbocycles. The number of nitrogens with zero attached hydrogens (tertiary/aromatic N) is 3. The molecule has 0 aromatic carbocycles. The van der Waals surface area contributed by atoms with E-state index in [1.165, 1.54) is 0 Å². The van der Waals surface area contributed by atoms with Crippen LogP contribution in [0.15, 0.2) is 35.0 Å². The molecule has 118 valence electrons. The van der Waals surface area contributed by atoms with Gasteiger partial charge in [-0.05, 0) is 19.1 Å². The Labute approximate surface area is 128 Å². The Morgan fingerprint density at radius 3 is 2.73 bits per heavy atom. The van der Waals surface area contributed by atoms with Gasteiger partial charge in [-0.15, -0.1) is 0 Å². The number of hydrogen-bond donors (Lipinski definition) is 1. The number of amides is 1. The van der Waals surface area contributed by atoms with Crippen LogP contribution in [0.3, 0.4) is 0 Å². The molecule has 0 saturated carbocycles. The van der Waals surface area contributed by atoms with Gasteiger partial charge < -0.3 is 9.84 Å². The van der Waals surface area contributed by atoms with Gasteiger partial charge in [0.05, 0.1) is 25.0 Å². The summed E-state index contributed by atoms with van der Waals surface area (Å²) in [6.07, 6.45) is 2.61. The Kier molecular flexibility index (Phi) is 4.88. The first-order valence-corrected chi connectivity index (χ1v) is 8.27. The van der Waals surface area contributed by atoms with Crippen molar-refractivity contribution in [3.63, 3.8) is 0 Å². The second-order valence-electron chi connectivity index (χ2n) is 4.72. The van der Waals surface area contributed by atoms with Gasteiger partial charge in [0.2, 0.25) is 15.9 Å². The molecule has 8 nitrogen and oxygen atoms in total. The number of anilines is 1. The van der Waals surface area contributed by atoms with Gasteiger partial charge in [-0.2, -0.15) is 4.31 Å². The predicted octanol–water partition coefficient (Wildman–Crippen LogP) is 0.778. The molecule has 0 aliphatic rings. The van der Waals surface area contributed by atoms with Crippen molar-refractivity contribution >= 4 is 21.7 Å². The van der Waals surface area contributed by atoms with Gasteiger partial charge in [0.25, 0.3) is 0 Å². The fraction of sp³-hybridized carbons (Fsp3) is 0.308. The third kappa shape index (κ3) is 4.64. The molecule has 1 N–H and O–H groups in total. The van der Waals surface area contributed by atoms with Gasteiger partial charge in [-0.25, -0.2) is 8.42 Å². The molecular weight excluding hydrogens is 308 g/mol. The second kappa shape index (κ2) is 6.67. The molecule has 2 aromatic rings. The SMILES string of the molecule is Cc1cc(NC(=O)CN(Cc2ccccn2)S(C)(=O)=O)no1. The number of hydrogen-bond acceptors (Lipinski definition) is 6. The van der Waals surface area contributed by atoms with Gasteiger partial charge >= 0.3 is 0 Å². The molecule has 22 heavy (non-hydrogen) atoms. The minimum absolute atomic E-state index is 0.0188. The number of nitrogens with one attached hydrogen (secondary N) is 1. The van der Waals surface area contributed by atoms with E-state index in [0.717, 1.165) is 10.6 Å². The standard InChI is InChI=1S/C13H16N4O4S/c1-10-7-12(16-21-10)15-13(18)9-17(22(2,19)20)8-11-5-3-4-6-14-11/h3-7H,8-9H2,1-2H3,(H,15,16,18). The lowest BCUT2D eigenvalue weighted by molar-refractivity contribution is -0.116. The van der Waals surface area contributed by atoms with E-state index in [0.29, 0.717) is 11.5 Å². The van der Waals surface area contributed by atoms with Crippen LogP contribution in [0.5, 0.6) is 0 Å². The Balaban J connectivity index is 2.05. The van der Waals surface area contributed by atoms with Crippen molar-refractivity contribution in [2.45, 2.75) is 13.5 Å². The van der Waals surface area contributed by atoms with E-state index < -0.39 is 15.9 Å². The molecule has 0 radical (unpaired) electrons. The smallest absolute Gasteiger partial charge is 0.240 e. The van der Waals surface area contributed by atoms with Gasteiger partial charge in [0, 0.05) is 12.3 Å². The normalized spacial score (nSPS) is 11.6. The first-order valence-electron chi connectivity index (χ1n) is 6.43. The minimum atomic E-state index is -3.56. The highest BCUT2D eigenvalue weighted by Crippen LogP contribution is 2.09.